The maximum Gasteiger partial charge on any atom is 0.0756 e. The summed E-state index contributed by atoms with van der Waals surface area (Å²) in [6.45, 7) is 5.26. The van der Waals surface area contributed by atoms with E-state index in [0.717, 1.165) is 6.54 Å². The van der Waals surface area contributed by atoms with Crippen molar-refractivity contribution in [1.29, 1.82) is 0 Å². The van der Waals surface area contributed by atoms with Crippen LogP contribution in [0.3, 0.4) is 0 Å². The first kappa shape index (κ1) is 13.9. The third kappa shape index (κ3) is 3.01. The lowest BCUT2D eigenvalue weighted by atomic mass is 9.83. The van der Waals surface area contributed by atoms with Crippen molar-refractivity contribution >= 4 is 5.69 Å². The van der Waals surface area contributed by atoms with Crippen LogP contribution in [0.25, 0.3) is 0 Å². The fourth-order valence-electron chi connectivity index (χ4n) is 3.75. The van der Waals surface area contributed by atoms with E-state index in [1.165, 1.54) is 61.8 Å². The fraction of sp³-hybridized carbons (Fsp3) is 0.667. The molecule has 1 unspecified atom stereocenters. The van der Waals surface area contributed by atoms with E-state index in [1.807, 2.05) is 0 Å². The van der Waals surface area contributed by atoms with Gasteiger partial charge in [-0.1, -0.05) is 31.4 Å². The second kappa shape index (κ2) is 5.77. The van der Waals surface area contributed by atoms with Crippen LogP contribution in [0.1, 0.15) is 56.1 Å². The van der Waals surface area contributed by atoms with E-state index in [4.69, 9.17) is 4.74 Å². The Morgan fingerprint density at radius 1 is 1.15 bits per heavy atom. The van der Waals surface area contributed by atoms with Crippen molar-refractivity contribution in [2.24, 2.45) is 0 Å². The highest BCUT2D eigenvalue weighted by Crippen LogP contribution is 2.41. The zero-order valence-corrected chi connectivity index (χ0v) is 12.9. The Bertz CT molecular complexity index is 462. The third-order valence-electron chi connectivity index (χ3n) is 5.02. The molecule has 20 heavy (non-hydrogen) atoms. The van der Waals surface area contributed by atoms with E-state index in [-0.39, 0.29) is 5.60 Å². The van der Waals surface area contributed by atoms with E-state index in [0.29, 0.717) is 6.10 Å². The van der Waals surface area contributed by atoms with Crippen molar-refractivity contribution < 1.29 is 4.74 Å². The monoisotopic (exact) mass is 273 g/mol. The van der Waals surface area contributed by atoms with Gasteiger partial charge in [-0.2, -0.15) is 0 Å². The topological polar surface area (TPSA) is 21.3 Å². The number of anilines is 1. The van der Waals surface area contributed by atoms with Crippen molar-refractivity contribution in [1.82, 2.24) is 0 Å². The van der Waals surface area contributed by atoms with Gasteiger partial charge in [0.05, 0.1) is 11.7 Å². The number of aryl methyl sites for hydroxylation is 2. The zero-order chi connectivity index (χ0) is 14.0. The molecule has 0 radical (unpaired) electrons. The van der Waals surface area contributed by atoms with Gasteiger partial charge in [-0.25, -0.2) is 0 Å². The van der Waals surface area contributed by atoms with Gasteiger partial charge in [0.25, 0.3) is 0 Å². The molecule has 2 heteroatoms. The van der Waals surface area contributed by atoms with Crippen LogP contribution in [-0.2, 0) is 4.74 Å². The van der Waals surface area contributed by atoms with Crippen LogP contribution in [0.5, 0.6) is 0 Å². The normalized spacial score (nSPS) is 25.0. The average molecular weight is 273 g/mol. The molecule has 1 aromatic rings. The van der Waals surface area contributed by atoms with Gasteiger partial charge in [0, 0.05) is 12.2 Å². The molecule has 3 rings (SSSR count). The van der Waals surface area contributed by atoms with E-state index >= 15 is 0 Å². The van der Waals surface area contributed by atoms with Crippen molar-refractivity contribution in [2.45, 2.75) is 70.5 Å². The molecule has 2 nitrogen and oxygen atoms in total. The minimum atomic E-state index is 0.242. The van der Waals surface area contributed by atoms with Gasteiger partial charge in [-0.05, 0) is 56.7 Å². The van der Waals surface area contributed by atoms with Crippen molar-refractivity contribution in [2.75, 3.05) is 11.9 Å². The van der Waals surface area contributed by atoms with Gasteiger partial charge >= 0.3 is 0 Å². The summed E-state index contributed by atoms with van der Waals surface area (Å²) in [4.78, 5) is 0. The van der Waals surface area contributed by atoms with Crippen LogP contribution >= 0.6 is 0 Å². The second-order valence-corrected chi connectivity index (χ2v) is 6.72. The minimum Gasteiger partial charge on any atom is -0.382 e. The lowest BCUT2D eigenvalue weighted by Gasteiger charge is -2.33. The molecule has 1 heterocycles. The van der Waals surface area contributed by atoms with E-state index < -0.39 is 0 Å². The molecule has 0 aromatic heterocycles. The van der Waals surface area contributed by atoms with Crippen molar-refractivity contribution in [3.05, 3.63) is 29.3 Å². The number of nitrogens with one attached hydrogen (secondary N) is 1. The van der Waals surface area contributed by atoms with Crippen LogP contribution < -0.4 is 5.32 Å². The lowest BCUT2D eigenvalue weighted by molar-refractivity contribution is -0.0588. The molecule has 0 bridgehead atoms. The Balaban J connectivity index is 1.56. The predicted octanol–water partition coefficient (Wildman–Crippen LogP) is 4.60. The quantitative estimate of drug-likeness (QED) is 0.869. The Labute approximate surface area is 122 Å². The second-order valence-electron chi connectivity index (χ2n) is 6.72. The van der Waals surface area contributed by atoms with Gasteiger partial charge < -0.3 is 10.1 Å². The predicted molar refractivity (Wildman–Crippen MR) is 84.3 cm³/mol. The molecule has 2 aliphatic rings. The molecule has 0 amide bonds. The van der Waals surface area contributed by atoms with Crippen LogP contribution in [-0.4, -0.2) is 18.2 Å². The maximum absolute atomic E-state index is 6.42. The summed E-state index contributed by atoms with van der Waals surface area (Å²) in [5.74, 6) is 0. The summed E-state index contributed by atoms with van der Waals surface area (Å²) in [7, 11) is 0. The smallest absolute Gasteiger partial charge is 0.0756 e. The molecule has 1 saturated carbocycles. The van der Waals surface area contributed by atoms with Gasteiger partial charge in [-0.15, -0.1) is 0 Å². The molecule has 1 atom stereocenters. The highest BCUT2D eigenvalue weighted by Gasteiger charge is 2.40. The van der Waals surface area contributed by atoms with Crippen molar-refractivity contribution in [3.63, 3.8) is 0 Å². The van der Waals surface area contributed by atoms with Gasteiger partial charge in [-0.3, -0.25) is 0 Å². The summed E-state index contributed by atoms with van der Waals surface area (Å²) in [6, 6.07) is 6.60. The van der Waals surface area contributed by atoms with E-state index in [2.05, 4.69) is 37.4 Å². The molecule has 1 N–H and O–H groups in total. The fourth-order valence-corrected chi connectivity index (χ4v) is 3.75. The number of rotatable bonds is 3. The van der Waals surface area contributed by atoms with E-state index in [9.17, 15) is 0 Å². The molecule has 1 saturated heterocycles. The van der Waals surface area contributed by atoms with Crippen molar-refractivity contribution in [3.8, 4) is 0 Å². The number of ether oxygens (including phenoxy) is 1. The highest BCUT2D eigenvalue weighted by molar-refractivity contribution is 5.52. The number of hydrogen-bond acceptors (Lipinski definition) is 2. The minimum absolute atomic E-state index is 0.242. The standard InChI is InChI=1S/C18H27NO/c1-14-6-7-15(2)17(12-14)19-13-16-8-11-18(20-16)9-4-3-5-10-18/h6-7,12,16,19H,3-5,8-11,13H2,1-2H3. The summed E-state index contributed by atoms with van der Waals surface area (Å²) in [5.41, 5.74) is 4.14. The maximum atomic E-state index is 6.42. The van der Waals surface area contributed by atoms with Crippen LogP contribution in [0.2, 0.25) is 0 Å². The Morgan fingerprint density at radius 2 is 1.95 bits per heavy atom. The molecule has 1 spiro atoms. The first-order chi connectivity index (χ1) is 9.67. The molecular weight excluding hydrogens is 246 g/mol. The van der Waals surface area contributed by atoms with Gasteiger partial charge in [0.2, 0.25) is 0 Å². The Kier molecular flexibility index (Phi) is 4.02. The van der Waals surface area contributed by atoms with Gasteiger partial charge in [0.1, 0.15) is 0 Å². The summed E-state index contributed by atoms with van der Waals surface area (Å²) < 4.78 is 6.42. The first-order valence-corrected chi connectivity index (χ1v) is 8.16. The molecule has 1 aliphatic carbocycles. The molecule has 1 aliphatic heterocycles. The average Bonchev–Trinajstić information content (AvgIpc) is 2.84. The van der Waals surface area contributed by atoms with E-state index in [1.54, 1.807) is 0 Å². The Morgan fingerprint density at radius 3 is 2.75 bits per heavy atom. The molecule has 2 fully saturated rings. The van der Waals surface area contributed by atoms with Crippen LogP contribution in [0.4, 0.5) is 5.69 Å². The van der Waals surface area contributed by atoms with Crippen LogP contribution in [0.15, 0.2) is 18.2 Å². The summed E-state index contributed by atoms with van der Waals surface area (Å²) >= 11 is 0. The number of benzene rings is 1. The van der Waals surface area contributed by atoms with Gasteiger partial charge in [0.15, 0.2) is 0 Å². The summed E-state index contributed by atoms with van der Waals surface area (Å²) in [5, 5.41) is 3.59. The zero-order valence-electron chi connectivity index (χ0n) is 12.9. The SMILES string of the molecule is Cc1ccc(C)c(NCC2CCC3(CCCCC3)O2)c1. The third-order valence-corrected chi connectivity index (χ3v) is 5.02. The first-order valence-electron chi connectivity index (χ1n) is 8.16. The van der Waals surface area contributed by atoms with Crippen LogP contribution in [0, 0.1) is 13.8 Å². The highest BCUT2D eigenvalue weighted by atomic mass is 16.5. The number of hydrogen-bond donors (Lipinski definition) is 1. The molecule has 1 aromatic carbocycles. The summed E-state index contributed by atoms with van der Waals surface area (Å²) in [6.07, 6.45) is 9.57. The molecule has 110 valence electrons. The molecular formula is C18H27NO. The lowest BCUT2D eigenvalue weighted by Crippen LogP contribution is -2.33. The Hall–Kier alpha value is -1.02. The largest absolute Gasteiger partial charge is 0.382 e.